The van der Waals surface area contributed by atoms with Crippen LogP contribution in [0.2, 0.25) is 0 Å². The first kappa shape index (κ1) is 28.7. The molecule has 12 heteroatoms. The number of ether oxygens (including phenoxy) is 1. The van der Waals surface area contributed by atoms with Gasteiger partial charge in [-0.3, -0.25) is 4.79 Å². The van der Waals surface area contributed by atoms with E-state index in [0.29, 0.717) is 6.07 Å². The Bertz CT molecular complexity index is 1070. The summed E-state index contributed by atoms with van der Waals surface area (Å²) in [5.41, 5.74) is -7.63. The van der Waals surface area contributed by atoms with Gasteiger partial charge in [0.15, 0.2) is 5.54 Å². The van der Waals surface area contributed by atoms with Gasteiger partial charge in [0.05, 0.1) is 23.3 Å². The average Bonchev–Trinajstić information content (AvgIpc) is 2.77. The van der Waals surface area contributed by atoms with Crippen LogP contribution in [0, 0.1) is 22.7 Å². The first-order valence-corrected chi connectivity index (χ1v) is 10.4. The molecular formula is C22H19F6N3O2S. The fourth-order valence-corrected chi connectivity index (χ4v) is 2.93. The molecule has 1 atom stereocenters. The molecule has 0 aliphatic rings. The molecule has 2 rings (SSSR count). The van der Waals surface area contributed by atoms with Gasteiger partial charge in [-0.15, -0.1) is 0 Å². The number of carbonyl (C=O) groups excluding carboxylic acids is 1. The molecule has 1 N–H and O–H groups in total. The number of benzene rings is 2. The molecule has 0 spiro atoms. The predicted octanol–water partition coefficient (Wildman–Crippen LogP) is 6.31. The van der Waals surface area contributed by atoms with E-state index in [4.69, 9.17) is 10.00 Å². The van der Waals surface area contributed by atoms with E-state index >= 15 is 0 Å². The Morgan fingerprint density at radius 1 is 1.03 bits per heavy atom. The predicted molar refractivity (Wildman–Crippen MR) is 113 cm³/mol. The van der Waals surface area contributed by atoms with Gasteiger partial charge in [0.1, 0.15) is 12.4 Å². The maximum absolute atomic E-state index is 13.2. The molecule has 0 heterocycles. The van der Waals surface area contributed by atoms with Crippen molar-refractivity contribution >= 4 is 17.7 Å². The van der Waals surface area contributed by atoms with Crippen LogP contribution in [0.15, 0.2) is 47.4 Å². The Kier molecular flexibility index (Phi) is 9.82. The molecule has 2 aromatic rings. The molecule has 182 valence electrons. The lowest BCUT2D eigenvalue weighted by Crippen LogP contribution is -2.49. The van der Waals surface area contributed by atoms with E-state index in [1.165, 1.54) is 6.92 Å². The van der Waals surface area contributed by atoms with Crippen LogP contribution >= 0.6 is 11.8 Å². The second-order valence-corrected chi connectivity index (χ2v) is 7.72. The number of hydrogen-bond donors (Lipinski definition) is 1. The molecule has 5 nitrogen and oxygen atoms in total. The number of nitrogens with zero attached hydrogens (tertiary/aromatic N) is 2. The van der Waals surface area contributed by atoms with Gasteiger partial charge in [-0.2, -0.15) is 36.9 Å². The molecule has 2 aromatic carbocycles. The normalized spacial score (nSPS) is 12.8. The van der Waals surface area contributed by atoms with Crippen LogP contribution in [-0.2, 0) is 6.18 Å². The highest BCUT2D eigenvalue weighted by atomic mass is 32.2. The molecule has 0 aromatic heterocycles. The highest BCUT2D eigenvalue weighted by Gasteiger charge is 2.36. The van der Waals surface area contributed by atoms with Crippen molar-refractivity contribution in [3.8, 4) is 17.9 Å². The van der Waals surface area contributed by atoms with Crippen molar-refractivity contribution in [3.05, 3.63) is 59.2 Å². The van der Waals surface area contributed by atoms with Crippen LogP contribution in [-0.4, -0.2) is 23.6 Å². The number of nitriles is 2. The second-order valence-electron chi connectivity index (χ2n) is 6.58. The summed E-state index contributed by atoms with van der Waals surface area (Å²) in [7, 11) is 0. The third-order valence-electron chi connectivity index (χ3n) is 3.92. The summed E-state index contributed by atoms with van der Waals surface area (Å²) in [4.78, 5) is 12.2. The molecular weight excluding hydrogens is 484 g/mol. The molecule has 34 heavy (non-hydrogen) atoms. The zero-order valence-electron chi connectivity index (χ0n) is 18.1. The third-order valence-corrected chi connectivity index (χ3v) is 4.66. The Hall–Kier alpha value is -3.38. The van der Waals surface area contributed by atoms with Crippen LogP contribution in [0.3, 0.4) is 0 Å². The lowest BCUT2D eigenvalue weighted by molar-refractivity contribution is -0.139. The summed E-state index contributed by atoms with van der Waals surface area (Å²) in [5.74, 6) is -1.54. The van der Waals surface area contributed by atoms with E-state index in [1.54, 1.807) is 12.1 Å². The Labute approximate surface area is 196 Å². The van der Waals surface area contributed by atoms with Crippen molar-refractivity contribution in [1.82, 2.24) is 5.32 Å². The molecule has 0 radical (unpaired) electrons. The van der Waals surface area contributed by atoms with Gasteiger partial charge in [-0.05, 0) is 61.2 Å². The first-order valence-electron chi connectivity index (χ1n) is 9.60. The summed E-state index contributed by atoms with van der Waals surface area (Å²) in [5, 5.41) is 20.6. The van der Waals surface area contributed by atoms with Crippen molar-refractivity contribution in [2.75, 3.05) is 6.61 Å². The topological polar surface area (TPSA) is 85.9 Å². The lowest BCUT2D eigenvalue weighted by Gasteiger charge is -2.24. The van der Waals surface area contributed by atoms with Crippen LogP contribution in [0.5, 0.6) is 5.75 Å². The van der Waals surface area contributed by atoms with Crippen molar-refractivity contribution in [2.24, 2.45) is 0 Å². The lowest BCUT2D eigenvalue weighted by atomic mass is 10.0. The van der Waals surface area contributed by atoms with Gasteiger partial charge < -0.3 is 10.1 Å². The number of rotatable bonds is 6. The molecule has 0 saturated heterocycles. The van der Waals surface area contributed by atoms with Crippen molar-refractivity contribution in [1.29, 1.82) is 10.5 Å². The number of hydrogen-bond acceptors (Lipinski definition) is 5. The van der Waals surface area contributed by atoms with Crippen LogP contribution in [0.25, 0.3) is 0 Å². The van der Waals surface area contributed by atoms with E-state index in [1.807, 2.05) is 13.8 Å². The monoisotopic (exact) mass is 503 g/mol. The fourth-order valence-electron chi connectivity index (χ4n) is 2.39. The van der Waals surface area contributed by atoms with Gasteiger partial charge in [0.2, 0.25) is 0 Å². The highest BCUT2D eigenvalue weighted by Crippen LogP contribution is 2.38. The first-order chi connectivity index (χ1) is 15.8. The molecule has 1 unspecified atom stereocenters. The van der Waals surface area contributed by atoms with Crippen LogP contribution in [0.1, 0.15) is 42.3 Å². The van der Waals surface area contributed by atoms with Crippen molar-refractivity contribution in [3.63, 3.8) is 0 Å². The van der Waals surface area contributed by atoms with Crippen LogP contribution < -0.4 is 10.1 Å². The van der Waals surface area contributed by atoms with Gasteiger partial charge in [0, 0.05) is 10.5 Å². The molecule has 0 fully saturated rings. The molecule has 0 saturated carbocycles. The summed E-state index contributed by atoms with van der Waals surface area (Å²) in [6.07, 6.45) is -4.79. The van der Waals surface area contributed by atoms with Crippen LogP contribution in [0.4, 0.5) is 26.3 Å². The maximum Gasteiger partial charge on any atom is 0.446 e. The van der Waals surface area contributed by atoms with E-state index in [0.717, 1.165) is 36.4 Å². The van der Waals surface area contributed by atoms with Crippen molar-refractivity contribution < 1.29 is 35.9 Å². The Balaban J connectivity index is 0.00000281. The zero-order chi connectivity index (χ0) is 26.2. The average molecular weight is 503 g/mol. The molecule has 1 amide bonds. The van der Waals surface area contributed by atoms with Gasteiger partial charge >= 0.3 is 11.7 Å². The minimum Gasteiger partial charge on any atom is -0.489 e. The smallest absolute Gasteiger partial charge is 0.446 e. The van der Waals surface area contributed by atoms with E-state index in [-0.39, 0.29) is 27.8 Å². The SMILES string of the molecule is CC.CC(C#N)(COc1cc(C#N)ccc1C(F)(F)F)NC(=O)c1ccc(SC(F)(F)F)cc1. The summed E-state index contributed by atoms with van der Waals surface area (Å²) in [6, 6.07) is 10.2. The minimum atomic E-state index is -4.79. The summed E-state index contributed by atoms with van der Waals surface area (Å²) < 4.78 is 81.9. The quantitative estimate of drug-likeness (QED) is 0.369. The fraction of sp³-hybridized carbons (Fsp3) is 0.318. The number of carbonyl (C=O) groups is 1. The van der Waals surface area contributed by atoms with Gasteiger partial charge in [-0.25, -0.2) is 0 Å². The Morgan fingerprint density at radius 2 is 1.62 bits per heavy atom. The van der Waals surface area contributed by atoms with E-state index < -0.39 is 41.1 Å². The summed E-state index contributed by atoms with van der Waals surface area (Å²) >= 11 is -0.368. The number of halogens is 6. The zero-order valence-corrected chi connectivity index (χ0v) is 19.0. The van der Waals surface area contributed by atoms with Crippen molar-refractivity contribution in [2.45, 2.75) is 42.9 Å². The minimum absolute atomic E-state index is 0.0690. The number of alkyl halides is 6. The molecule has 0 aliphatic heterocycles. The Morgan fingerprint density at radius 3 is 2.09 bits per heavy atom. The third kappa shape index (κ3) is 8.52. The molecule has 0 bridgehead atoms. The number of nitrogens with one attached hydrogen (secondary N) is 1. The van der Waals surface area contributed by atoms with Gasteiger partial charge in [-0.1, -0.05) is 13.8 Å². The van der Waals surface area contributed by atoms with E-state index in [9.17, 15) is 36.4 Å². The number of thioether (sulfide) groups is 1. The second kappa shape index (κ2) is 11.7. The standard InChI is InChI=1S/C20H13F6N3O2S.C2H6/c1-18(10-28,11-31-16-8-12(9-27)2-7-15(16)19(21,22)23)29-17(30)13-3-5-14(6-4-13)32-20(24,25)26;1-2/h2-8H,11H2,1H3,(H,29,30);1-2H3. The van der Waals surface area contributed by atoms with Gasteiger partial charge in [0.25, 0.3) is 5.91 Å². The highest BCUT2D eigenvalue weighted by molar-refractivity contribution is 8.00. The van der Waals surface area contributed by atoms with E-state index in [2.05, 4.69) is 5.32 Å². The molecule has 0 aliphatic carbocycles. The number of amides is 1. The summed E-state index contributed by atoms with van der Waals surface area (Å²) in [6.45, 7) is 4.50. The largest absolute Gasteiger partial charge is 0.489 e. The maximum atomic E-state index is 13.2.